The Morgan fingerprint density at radius 2 is 0.853 bits per heavy atom. The zero-order valence-electron chi connectivity index (χ0n) is 18.7. The van der Waals surface area contributed by atoms with Crippen molar-refractivity contribution in [1.29, 1.82) is 0 Å². The van der Waals surface area contributed by atoms with Crippen LogP contribution in [0.25, 0.3) is 0 Å². The van der Waals surface area contributed by atoms with Gasteiger partial charge in [-0.25, -0.2) is 0 Å². The highest BCUT2D eigenvalue weighted by Crippen LogP contribution is 2.37. The highest BCUT2D eigenvalue weighted by Gasteiger charge is 2.28. The Balaban J connectivity index is 1.39. The van der Waals surface area contributed by atoms with E-state index in [1.807, 2.05) is 72.8 Å². The lowest BCUT2D eigenvalue weighted by atomic mass is 9.95. The highest BCUT2D eigenvalue weighted by molar-refractivity contribution is 6.07. The molecule has 4 aromatic rings. The van der Waals surface area contributed by atoms with Crippen LogP contribution < -0.4 is 9.47 Å². The zero-order valence-corrected chi connectivity index (χ0v) is 18.7. The number of ether oxygens (including phenoxy) is 2. The van der Waals surface area contributed by atoms with Gasteiger partial charge in [-0.2, -0.15) is 10.2 Å². The van der Waals surface area contributed by atoms with Crippen LogP contribution in [0.1, 0.15) is 47.3 Å². The number of rotatable bonds is 3. The lowest BCUT2D eigenvalue weighted by molar-refractivity contribution is 0.205. The average molecular weight is 445 g/mol. The third-order valence-electron chi connectivity index (χ3n) is 6.33. The Labute approximate surface area is 199 Å². The summed E-state index contributed by atoms with van der Waals surface area (Å²) >= 11 is 0. The van der Waals surface area contributed by atoms with Gasteiger partial charge in [0.2, 0.25) is 0 Å². The van der Waals surface area contributed by atoms with Gasteiger partial charge in [0, 0.05) is 24.0 Å². The van der Waals surface area contributed by atoms with Crippen molar-refractivity contribution in [3.63, 3.8) is 0 Å². The Kier molecular flexibility index (Phi) is 5.40. The standard InChI is InChI=1S/C30H24N2O2/c1-3-11-21(12-4-1)29-19-25(23-15-7-9-17-27(23)33-29)31-32-26-20-30(22-13-5-2-6-14-22)34-28-18-10-8-16-24(26)28/h1-18,29-30H,19-20H2/b31-25-,32-26+. The van der Waals surface area contributed by atoms with Crippen molar-refractivity contribution in [2.24, 2.45) is 10.2 Å². The van der Waals surface area contributed by atoms with Crippen molar-refractivity contribution >= 4 is 11.4 Å². The summed E-state index contributed by atoms with van der Waals surface area (Å²) < 4.78 is 12.6. The van der Waals surface area contributed by atoms with Crippen LogP contribution >= 0.6 is 0 Å². The molecular weight excluding hydrogens is 420 g/mol. The molecule has 0 bridgehead atoms. The van der Waals surface area contributed by atoms with Crippen LogP contribution in [0.4, 0.5) is 0 Å². The van der Waals surface area contributed by atoms with E-state index < -0.39 is 0 Å². The van der Waals surface area contributed by atoms with Gasteiger partial charge in [0.25, 0.3) is 0 Å². The summed E-state index contributed by atoms with van der Waals surface area (Å²) in [5.74, 6) is 1.69. The van der Waals surface area contributed by atoms with Crippen molar-refractivity contribution in [1.82, 2.24) is 0 Å². The Hall–Kier alpha value is -4.18. The minimum Gasteiger partial charge on any atom is -0.485 e. The number of benzene rings is 4. The maximum Gasteiger partial charge on any atom is 0.129 e. The molecule has 2 heterocycles. The molecule has 0 aliphatic carbocycles. The number of nitrogens with zero attached hydrogens (tertiary/aromatic N) is 2. The lowest BCUT2D eigenvalue weighted by Gasteiger charge is -2.28. The SMILES string of the molecule is c1ccc(C2C/C(=N/N=C3\CC(c4ccccc4)Oc4ccccc43)c3ccccc3O2)cc1. The molecule has 0 saturated carbocycles. The first-order chi connectivity index (χ1) is 16.8. The molecule has 34 heavy (non-hydrogen) atoms. The number of para-hydroxylation sites is 2. The molecule has 2 unspecified atom stereocenters. The van der Waals surface area contributed by atoms with E-state index in [0.717, 1.165) is 45.2 Å². The first kappa shape index (κ1) is 20.4. The second kappa shape index (κ2) is 8.99. The normalized spacial score (nSPS) is 21.3. The van der Waals surface area contributed by atoms with Gasteiger partial charge in [-0.05, 0) is 35.4 Å². The topological polar surface area (TPSA) is 43.2 Å². The minimum absolute atomic E-state index is 0.0888. The number of fused-ring (bicyclic) bond motifs is 2. The van der Waals surface area contributed by atoms with Crippen LogP contribution in [0.15, 0.2) is 119 Å². The van der Waals surface area contributed by atoms with E-state index in [0.29, 0.717) is 12.8 Å². The van der Waals surface area contributed by atoms with E-state index in [-0.39, 0.29) is 12.2 Å². The molecular formula is C30H24N2O2. The van der Waals surface area contributed by atoms with E-state index in [4.69, 9.17) is 19.7 Å². The molecule has 2 aliphatic rings. The van der Waals surface area contributed by atoms with Crippen molar-refractivity contribution in [3.05, 3.63) is 131 Å². The lowest BCUT2D eigenvalue weighted by Crippen LogP contribution is -2.22. The summed E-state index contributed by atoms with van der Waals surface area (Å²) in [5.41, 5.74) is 6.14. The largest absolute Gasteiger partial charge is 0.485 e. The molecule has 0 radical (unpaired) electrons. The first-order valence-electron chi connectivity index (χ1n) is 11.6. The fourth-order valence-corrected chi connectivity index (χ4v) is 4.59. The van der Waals surface area contributed by atoms with Crippen molar-refractivity contribution in [3.8, 4) is 11.5 Å². The average Bonchev–Trinajstić information content (AvgIpc) is 2.92. The maximum absolute atomic E-state index is 6.32. The fraction of sp³-hybridized carbons (Fsp3) is 0.133. The Morgan fingerprint density at radius 1 is 0.471 bits per heavy atom. The second-order valence-corrected chi connectivity index (χ2v) is 8.53. The van der Waals surface area contributed by atoms with Gasteiger partial charge in [0.1, 0.15) is 23.7 Å². The molecule has 0 fully saturated rings. The van der Waals surface area contributed by atoms with Gasteiger partial charge in [0.15, 0.2) is 0 Å². The summed E-state index contributed by atoms with van der Waals surface area (Å²) in [6.45, 7) is 0. The van der Waals surface area contributed by atoms with Gasteiger partial charge in [0.05, 0.1) is 11.4 Å². The monoisotopic (exact) mass is 444 g/mol. The Morgan fingerprint density at radius 3 is 1.29 bits per heavy atom. The zero-order chi connectivity index (χ0) is 22.7. The van der Waals surface area contributed by atoms with E-state index in [9.17, 15) is 0 Å². The maximum atomic E-state index is 6.32. The van der Waals surface area contributed by atoms with Gasteiger partial charge >= 0.3 is 0 Å². The van der Waals surface area contributed by atoms with Crippen molar-refractivity contribution in [2.75, 3.05) is 0 Å². The predicted molar refractivity (Wildman–Crippen MR) is 135 cm³/mol. The van der Waals surface area contributed by atoms with Crippen molar-refractivity contribution in [2.45, 2.75) is 25.0 Å². The second-order valence-electron chi connectivity index (χ2n) is 8.53. The van der Waals surface area contributed by atoms with Gasteiger partial charge < -0.3 is 9.47 Å². The van der Waals surface area contributed by atoms with Gasteiger partial charge in [-0.15, -0.1) is 0 Å². The fourth-order valence-electron chi connectivity index (χ4n) is 4.59. The molecule has 2 atom stereocenters. The molecule has 0 aromatic heterocycles. The Bertz CT molecular complexity index is 1260. The van der Waals surface area contributed by atoms with Crippen molar-refractivity contribution < 1.29 is 9.47 Å². The minimum atomic E-state index is -0.0888. The van der Waals surface area contributed by atoms with Crippen LogP contribution in [0.3, 0.4) is 0 Å². The summed E-state index contributed by atoms with van der Waals surface area (Å²) in [6, 6.07) is 36.7. The van der Waals surface area contributed by atoms with Crippen LogP contribution in [-0.4, -0.2) is 11.4 Å². The van der Waals surface area contributed by atoms with Crippen LogP contribution in [0.2, 0.25) is 0 Å². The quantitative estimate of drug-likeness (QED) is 0.322. The van der Waals surface area contributed by atoms with Gasteiger partial charge in [-0.1, -0.05) is 84.9 Å². The molecule has 0 amide bonds. The summed E-state index contributed by atoms with van der Waals surface area (Å²) in [7, 11) is 0. The molecule has 0 N–H and O–H groups in total. The molecule has 6 rings (SSSR count). The van der Waals surface area contributed by atoms with E-state index in [2.05, 4.69) is 36.4 Å². The summed E-state index contributed by atoms with van der Waals surface area (Å²) in [4.78, 5) is 0. The van der Waals surface area contributed by atoms with Crippen LogP contribution in [0.5, 0.6) is 11.5 Å². The summed E-state index contributed by atoms with van der Waals surface area (Å²) in [5, 5.41) is 9.64. The van der Waals surface area contributed by atoms with Crippen LogP contribution in [-0.2, 0) is 0 Å². The third-order valence-corrected chi connectivity index (χ3v) is 6.33. The molecule has 0 saturated heterocycles. The van der Waals surface area contributed by atoms with E-state index >= 15 is 0 Å². The highest BCUT2D eigenvalue weighted by atomic mass is 16.5. The van der Waals surface area contributed by atoms with Crippen LogP contribution in [0, 0.1) is 0 Å². The van der Waals surface area contributed by atoms with E-state index in [1.54, 1.807) is 0 Å². The van der Waals surface area contributed by atoms with Gasteiger partial charge in [-0.3, -0.25) is 0 Å². The third kappa shape index (κ3) is 3.99. The number of hydrogen-bond acceptors (Lipinski definition) is 4. The smallest absolute Gasteiger partial charge is 0.129 e. The molecule has 4 heteroatoms. The first-order valence-corrected chi connectivity index (χ1v) is 11.6. The predicted octanol–water partition coefficient (Wildman–Crippen LogP) is 6.93. The summed E-state index contributed by atoms with van der Waals surface area (Å²) in [6.07, 6.45) is 1.15. The molecule has 4 nitrogen and oxygen atoms in total. The molecule has 4 aromatic carbocycles. The number of hydrogen-bond donors (Lipinski definition) is 0. The molecule has 0 spiro atoms. The van der Waals surface area contributed by atoms with E-state index in [1.165, 1.54) is 0 Å². The molecule has 2 aliphatic heterocycles. The molecule has 166 valence electrons.